The summed E-state index contributed by atoms with van der Waals surface area (Å²) in [5.74, 6) is 1.26. The molecule has 160 valence electrons. The van der Waals surface area contributed by atoms with Crippen LogP contribution in [0.3, 0.4) is 0 Å². The van der Waals surface area contributed by atoms with E-state index in [0.29, 0.717) is 12.5 Å². The molecule has 3 aliphatic rings. The van der Waals surface area contributed by atoms with Gasteiger partial charge in [0.25, 0.3) is 0 Å². The number of aromatic nitrogens is 1. The molecule has 1 N–H and O–H groups in total. The first kappa shape index (κ1) is 20.6. The average Bonchev–Trinajstić information content (AvgIpc) is 2.76. The van der Waals surface area contributed by atoms with Crippen LogP contribution >= 0.6 is 0 Å². The van der Waals surface area contributed by atoms with Crippen LogP contribution in [0.5, 0.6) is 0 Å². The Kier molecular flexibility index (Phi) is 6.70. The Hall–Kier alpha value is -1.66. The topological polar surface area (TPSA) is 59.0 Å². The second-order valence-corrected chi connectivity index (χ2v) is 9.25. The quantitative estimate of drug-likeness (QED) is 0.794. The molecule has 29 heavy (non-hydrogen) atoms. The van der Waals surface area contributed by atoms with Crippen LogP contribution in [0.2, 0.25) is 0 Å². The predicted molar refractivity (Wildman–Crippen MR) is 115 cm³/mol. The Morgan fingerprint density at radius 3 is 2.66 bits per heavy atom. The van der Waals surface area contributed by atoms with E-state index in [1.54, 1.807) is 0 Å². The Morgan fingerprint density at radius 1 is 1.17 bits per heavy atom. The Bertz CT molecular complexity index is 677. The highest BCUT2D eigenvalue weighted by molar-refractivity contribution is 5.83. The minimum absolute atomic E-state index is 0.0776. The first-order valence-corrected chi connectivity index (χ1v) is 11.4. The van der Waals surface area contributed by atoms with E-state index in [0.717, 1.165) is 50.5 Å². The third-order valence-electron chi connectivity index (χ3n) is 6.59. The summed E-state index contributed by atoms with van der Waals surface area (Å²) in [4.78, 5) is 12.9. The van der Waals surface area contributed by atoms with E-state index in [9.17, 15) is 0 Å². The summed E-state index contributed by atoms with van der Waals surface area (Å²) in [6.45, 7) is 10.2. The molecular weight excluding hydrogens is 364 g/mol. The van der Waals surface area contributed by atoms with E-state index in [-0.39, 0.29) is 11.5 Å². The fourth-order valence-electron chi connectivity index (χ4n) is 4.78. The van der Waals surface area contributed by atoms with Gasteiger partial charge in [-0.1, -0.05) is 31.5 Å². The molecule has 0 saturated carbocycles. The van der Waals surface area contributed by atoms with E-state index in [1.807, 2.05) is 6.20 Å². The maximum Gasteiger partial charge on any atom is 0.232 e. The lowest BCUT2D eigenvalue weighted by Crippen LogP contribution is -2.49. The number of rotatable bonds is 6. The smallest absolute Gasteiger partial charge is 0.232 e. The molecule has 4 heterocycles. The third-order valence-corrected chi connectivity index (χ3v) is 6.59. The van der Waals surface area contributed by atoms with Gasteiger partial charge in [-0.25, -0.2) is 0 Å². The SMILES string of the molecule is CC(C)c1ccc(CC2(C3=NOCC(CN4CCCCC4)O3)CCNCC2)cn1. The molecule has 0 aromatic carbocycles. The molecule has 3 aliphatic heterocycles. The molecule has 4 rings (SSSR count). The monoisotopic (exact) mass is 400 g/mol. The van der Waals surface area contributed by atoms with Crippen LogP contribution in [0.1, 0.15) is 63.1 Å². The number of ether oxygens (including phenoxy) is 1. The minimum atomic E-state index is -0.104. The number of pyridine rings is 1. The van der Waals surface area contributed by atoms with Gasteiger partial charge in [-0.05, 0) is 75.8 Å². The Balaban J connectivity index is 1.47. The van der Waals surface area contributed by atoms with Crippen LogP contribution in [0.15, 0.2) is 23.5 Å². The maximum atomic E-state index is 6.50. The highest BCUT2D eigenvalue weighted by Gasteiger charge is 2.42. The summed E-state index contributed by atoms with van der Waals surface area (Å²) in [6.07, 6.45) is 8.98. The number of hydrogen-bond acceptors (Lipinski definition) is 6. The summed E-state index contributed by atoms with van der Waals surface area (Å²) in [6, 6.07) is 4.38. The molecule has 1 aromatic rings. The molecule has 0 radical (unpaired) electrons. The molecule has 1 unspecified atom stereocenters. The Morgan fingerprint density at radius 2 is 1.97 bits per heavy atom. The van der Waals surface area contributed by atoms with E-state index >= 15 is 0 Å². The number of oxime groups is 1. The summed E-state index contributed by atoms with van der Waals surface area (Å²) in [5, 5.41) is 7.93. The zero-order valence-corrected chi connectivity index (χ0v) is 18.0. The number of nitrogens with zero attached hydrogens (tertiary/aromatic N) is 3. The van der Waals surface area contributed by atoms with Crippen molar-refractivity contribution in [3.63, 3.8) is 0 Å². The molecule has 1 atom stereocenters. The molecule has 0 bridgehead atoms. The van der Waals surface area contributed by atoms with Crippen molar-refractivity contribution in [1.82, 2.24) is 15.2 Å². The molecule has 6 nitrogen and oxygen atoms in total. The molecule has 2 saturated heterocycles. The Labute approximate surface area is 175 Å². The third kappa shape index (κ3) is 5.10. The van der Waals surface area contributed by atoms with Crippen molar-refractivity contribution >= 4 is 5.90 Å². The van der Waals surface area contributed by atoms with Gasteiger partial charge in [0.15, 0.2) is 6.61 Å². The molecule has 0 amide bonds. The van der Waals surface area contributed by atoms with Crippen molar-refractivity contribution in [2.24, 2.45) is 10.6 Å². The lowest BCUT2D eigenvalue weighted by Gasteiger charge is -2.41. The zero-order valence-electron chi connectivity index (χ0n) is 18.0. The molecular formula is C23H36N4O2. The summed E-state index contributed by atoms with van der Waals surface area (Å²) >= 11 is 0. The molecule has 1 aromatic heterocycles. The molecule has 6 heteroatoms. The van der Waals surface area contributed by atoms with Crippen molar-refractivity contribution in [3.05, 3.63) is 29.6 Å². The van der Waals surface area contributed by atoms with Gasteiger partial charge in [0.2, 0.25) is 5.90 Å². The second-order valence-electron chi connectivity index (χ2n) is 9.25. The van der Waals surface area contributed by atoms with Gasteiger partial charge in [0.05, 0.1) is 5.41 Å². The number of hydrogen-bond donors (Lipinski definition) is 1. The first-order chi connectivity index (χ1) is 14.1. The fourth-order valence-corrected chi connectivity index (χ4v) is 4.78. The van der Waals surface area contributed by atoms with Gasteiger partial charge in [0, 0.05) is 18.4 Å². The fraction of sp³-hybridized carbons (Fsp3) is 0.739. The van der Waals surface area contributed by atoms with E-state index in [4.69, 9.17) is 9.57 Å². The van der Waals surface area contributed by atoms with Crippen LogP contribution in [0.4, 0.5) is 0 Å². The molecule has 2 fully saturated rings. The van der Waals surface area contributed by atoms with Gasteiger partial charge >= 0.3 is 0 Å². The van der Waals surface area contributed by atoms with Gasteiger partial charge in [-0.15, -0.1) is 0 Å². The normalized spacial score (nSPS) is 25.2. The predicted octanol–water partition coefficient (Wildman–Crippen LogP) is 3.33. The molecule has 0 spiro atoms. The second kappa shape index (κ2) is 9.43. The minimum Gasteiger partial charge on any atom is -0.470 e. The summed E-state index contributed by atoms with van der Waals surface area (Å²) in [5.41, 5.74) is 2.29. The van der Waals surface area contributed by atoms with Crippen molar-refractivity contribution in [2.45, 2.75) is 64.4 Å². The largest absolute Gasteiger partial charge is 0.470 e. The number of likely N-dealkylation sites (tertiary alicyclic amines) is 1. The van der Waals surface area contributed by atoms with Crippen molar-refractivity contribution in [2.75, 3.05) is 39.3 Å². The van der Waals surface area contributed by atoms with Crippen LogP contribution in [-0.2, 0) is 16.0 Å². The number of piperidine rings is 2. The highest BCUT2D eigenvalue weighted by Crippen LogP contribution is 2.37. The average molecular weight is 401 g/mol. The molecule has 0 aliphatic carbocycles. The first-order valence-electron chi connectivity index (χ1n) is 11.4. The van der Waals surface area contributed by atoms with Crippen LogP contribution in [-0.4, -0.2) is 61.2 Å². The lowest BCUT2D eigenvalue weighted by molar-refractivity contribution is -0.0242. The van der Waals surface area contributed by atoms with Crippen molar-refractivity contribution in [3.8, 4) is 0 Å². The highest BCUT2D eigenvalue weighted by atomic mass is 16.7. The lowest BCUT2D eigenvalue weighted by atomic mass is 9.74. The van der Waals surface area contributed by atoms with Crippen LogP contribution in [0, 0.1) is 5.41 Å². The standard InChI is InChI=1S/C23H36N4O2/c1-18(2)21-7-6-19(15-25-21)14-23(8-10-24-11-9-23)22-26-28-17-20(29-22)16-27-12-4-3-5-13-27/h6-7,15,18,20,24H,3-5,8-14,16-17H2,1-2H3. The van der Waals surface area contributed by atoms with E-state index in [2.05, 4.69) is 46.3 Å². The van der Waals surface area contributed by atoms with Crippen LogP contribution < -0.4 is 5.32 Å². The number of nitrogens with one attached hydrogen (secondary N) is 1. The van der Waals surface area contributed by atoms with Crippen molar-refractivity contribution in [1.29, 1.82) is 0 Å². The zero-order chi connectivity index (χ0) is 20.1. The van der Waals surface area contributed by atoms with Gasteiger partial charge < -0.3 is 14.9 Å². The van der Waals surface area contributed by atoms with E-state index < -0.39 is 0 Å². The van der Waals surface area contributed by atoms with Gasteiger partial charge in [-0.2, -0.15) is 0 Å². The maximum absolute atomic E-state index is 6.50. The van der Waals surface area contributed by atoms with Gasteiger partial charge in [0.1, 0.15) is 6.10 Å². The van der Waals surface area contributed by atoms with E-state index in [1.165, 1.54) is 37.9 Å². The summed E-state index contributed by atoms with van der Waals surface area (Å²) < 4.78 is 6.50. The van der Waals surface area contributed by atoms with Gasteiger partial charge in [-0.3, -0.25) is 9.88 Å². The van der Waals surface area contributed by atoms with Crippen molar-refractivity contribution < 1.29 is 9.57 Å². The summed E-state index contributed by atoms with van der Waals surface area (Å²) in [7, 11) is 0. The van der Waals surface area contributed by atoms with Crippen LogP contribution in [0.25, 0.3) is 0 Å².